The predicted molar refractivity (Wildman–Crippen MR) is 91.2 cm³/mol. The van der Waals surface area contributed by atoms with Crippen molar-refractivity contribution in [2.45, 2.75) is 13.3 Å². The van der Waals surface area contributed by atoms with E-state index in [0.29, 0.717) is 33.5 Å². The summed E-state index contributed by atoms with van der Waals surface area (Å²) < 4.78 is 5.43. The molecule has 3 rings (SSSR count). The Balaban J connectivity index is 2.19. The van der Waals surface area contributed by atoms with Crippen molar-refractivity contribution in [2.24, 2.45) is 0 Å². The van der Waals surface area contributed by atoms with Gasteiger partial charge in [0.1, 0.15) is 11.5 Å². The van der Waals surface area contributed by atoms with Gasteiger partial charge in [-0.05, 0) is 17.7 Å². The van der Waals surface area contributed by atoms with Crippen molar-refractivity contribution in [3.8, 4) is 11.5 Å². The second-order valence-electron chi connectivity index (χ2n) is 5.29. The highest BCUT2D eigenvalue weighted by molar-refractivity contribution is 6.31. The molecule has 0 bridgehead atoms. The molecule has 3 aromatic carbocycles. The third-order valence-electron chi connectivity index (χ3n) is 3.63. The van der Waals surface area contributed by atoms with Gasteiger partial charge in [0.05, 0.1) is 0 Å². The molecule has 0 unspecified atom stereocenters. The van der Waals surface area contributed by atoms with Gasteiger partial charge in [-0.3, -0.25) is 4.79 Å². The summed E-state index contributed by atoms with van der Waals surface area (Å²) in [4.78, 5) is 11.5. The van der Waals surface area contributed by atoms with Gasteiger partial charge in [-0.1, -0.05) is 54.1 Å². The minimum Gasteiger partial charge on any atom is -0.507 e. The minimum absolute atomic E-state index is 0.151. The molecule has 1 N–H and O–H groups in total. The van der Waals surface area contributed by atoms with E-state index in [1.54, 1.807) is 12.1 Å². The largest absolute Gasteiger partial charge is 0.507 e. The van der Waals surface area contributed by atoms with Gasteiger partial charge < -0.3 is 9.84 Å². The van der Waals surface area contributed by atoms with E-state index < -0.39 is 5.97 Å². The minimum atomic E-state index is -0.402. The molecule has 0 saturated heterocycles. The quantitative estimate of drug-likeness (QED) is 0.560. The number of esters is 1. The Morgan fingerprint density at radius 3 is 2.39 bits per heavy atom. The second-order valence-corrected chi connectivity index (χ2v) is 5.70. The molecule has 0 aromatic heterocycles. The van der Waals surface area contributed by atoms with Crippen molar-refractivity contribution in [1.29, 1.82) is 0 Å². The summed E-state index contributed by atoms with van der Waals surface area (Å²) in [6, 6.07) is 16.4. The van der Waals surface area contributed by atoms with Crippen LogP contribution in [0.2, 0.25) is 5.02 Å². The molecule has 4 heteroatoms. The highest BCUT2D eigenvalue weighted by atomic mass is 35.5. The van der Waals surface area contributed by atoms with Crippen molar-refractivity contribution >= 4 is 28.3 Å². The maximum absolute atomic E-state index is 11.5. The van der Waals surface area contributed by atoms with Crippen LogP contribution in [0.15, 0.2) is 54.6 Å². The smallest absolute Gasteiger partial charge is 0.308 e. The van der Waals surface area contributed by atoms with Crippen LogP contribution in [0, 0.1) is 0 Å². The third kappa shape index (κ3) is 3.15. The lowest BCUT2D eigenvalue weighted by molar-refractivity contribution is -0.131. The monoisotopic (exact) mass is 326 g/mol. The van der Waals surface area contributed by atoms with Crippen LogP contribution in [0.4, 0.5) is 0 Å². The van der Waals surface area contributed by atoms with Crippen molar-refractivity contribution in [3.05, 3.63) is 70.7 Å². The highest BCUT2D eigenvalue weighted by Gasteiger charge is 2.16. The first-order valence-corrected chi connectivity index (χ1v) is 7.59. The van der Waals surface area contributed by atoms with Crippen molar-refractivity contribution < 1.29 is 14.6 Å². The molecule has 0 atom stereocenters. The zero-order chi connectivity index (χ0) is 16.4. The van der Waals surface area contributed by atoms with Gasteiger partial charge in [-0.2, -0.15) is 0 Å². The number of phenols is 1. The number of ether oxygens (including phenoxy) is 1. The Labute approximate surface area is 139 Å². The summed E-state index contributed by atoms with van der Waals surface area (Å²) in [7, 11) is 0. The lowest BCUT2D eigenvalue weighted by atomic mass is 9.98. The van der Waals surface area contributed by atoms with E-state index in [0.717, 1.165) is 5.56 Å². The number of phenolic OH excluding ortho intramolecular Hbond substituents is 1. The van der Waals surface area contributed by atoms with Gasteiger partial charge in [-0.15, -0.1) is 0 Å². The van der Waals surface area contributed by atoms with E-state index in [1.165, 1.54) is 6.92 Å². The van der Waals surface area contributed by atoms with E-state index in [2.05, 4.69) is 0 Å². The molecule has 0 radical (unpaired) electrons. The van der Waals surface area contributed by atoms with E-state index in [1.807, 2.05) is 42.5 Å². The molecule has 0 amide bonds. The number of halogens is 1. The summed E-state index contributed by atoms with van der Waals surface area (Å²) in [5, 5.41) is 12.3. The first-order chi connectivity index (χ1) is 11.1. The number of benzene rings is 3. The molecule has 0 aliphatic carbocycles. The topological polar surface area (TPSA) is 46.5 Å². The maximum Gasteiger partial charge on any atom is 0.308 e. The fourth-order valence-electron chi connectivity index (χ4n) is 2.63. The zero-order valence-corrected chi connectivity index (χ0v) is 13.3. The summed E-state index contributed by atoms with van der Waals surface area (Å²) in [5.41, 5.74) is 1.61. The van der Waals surface area contributed by atoms with E-state index in [4.69, 9.17) is 16.3 Å². The van der Waals surface area contributed by atoms with Crippen LogP contribution in [0.3, 0.4) is 0 Å². The Kier molecular flexibility index (Phi) is 4.22. The lowest BCUT2D eigenvalue weighted by Crippen LogP contribution is -2.05. The van der Waals surface area contributed by atoms with Crippen molar-refractivity contribution in [1.82, 2.24) is 0 Å². The SMILES string of the molecule is CC(=O)Oc1c(Cc2ccccc2Cl)cc(O)c2ccccc12. The van der Waals surface area contributed by atoms with Gasteiger partial charge in [0, 0.05) is 34.7 Å². The van der Waals surface area contributed by atoms with Gasteiger partial charge in [0.15, 0.2) is 0 Å². The molecular formula is C19H15ClO3. The normalized spacial score (nSPS) is 10.7. The predicted octanol–water partition coefficient (Wildman–Crippen LogP) is 4.71. The lowest BCUT2D eigenvalue weighted by Gasteiger charge is -2.14. The van der Waals surface area contributed by atoms with Gasteiger partial charge in [0.2, 0.25) is 0 Å². The Morgan fingerprint density at radius 1 is 1.04 bits per heavy atom. The average Bonchev–Trinajstić information content (AvgIpc) is 2.53. The number of rotatable bonds is 3. The molecule has 0 fully saturated rings. The fraction of sp³-hybridized carbons (Fsp3) is 0.105. The van der Waals surface area contributed by atoms with Gasteiger partial charge >= 0.3 is 5.97 Å². The van der Waals surface area contributed by atoms with Gasteiger partial charge in [-0.25, -0.2) is 0 Å². The first-order valence-electron chi connectivity index (χ1n) is 7.21. The first kappa shape index (κ1) is 15.4. The zero-order valence-electron chi connectivity index (χ0n) is 12.5. The van der Waals surface area contributed by atoms with E-state index in [-0.39, 0.29) is 5.75 Å². The molecule has 3 aromatic rings. The van der Waals surface area contributed by atoms with Crippen LogP contribution in [-0.4, -0.2) is 11.1 Å². The van der Waals surface area contributed by atoms with Crippen LogP contribution >= 0.6 is 11.6 Å². The Morgan fingerprint density at radius 2 is 1.70 bits per heavy atom. The number of fused-ring (bicyclic) bond motifs is 1. The summed E-state index contributed by atoms with van der Waals surface area (Å²) >= 11 is 6.22. The molecule has 116 valence electrons. The molecule has 0 aliphatic heterocycles. The average molecular weight is 327 g/mol. The molecule has 0 saturated carbocycles. The summed E-state index contributed by atoms with van der Waals surface area (Å²) in [6.07, 6.45) is 0.459. The Hall–Kier alpha value is -2.52. The van der Waals surface area contributed by atoms with Gasteiger partial charge in [0.25, 0.3) is 0 Å². The van der Waals surface area contributed by atoms with Crippen LogP contribution in [0.25, 0.3) is 10.8 Å². The van der Waals surface area contributed by atoms with Crippen LogP contribution in [0.1, 0.15) is 18.1 Å². The molecule has 0 spiro atoms. The van der Waals surface area contributed by atoms with E-state index in [9.17, 15) is 9.90 Å². The number of carbonyl (C=O) groups excluding carboxylic acids is 1. The van der Waals surface area contributed by atoms with Crippen molar-refractivity contribution in [2.75, 3.05) is 0 Å². The molecule has 0 aliphatic rings. The van der Waals surface area contributed by atoms with Crippen LogP contribution in [-0.2, 0) is 11.2 Å². The van der Waals surface area contributed by atoms with E-state index >= 15 is 0 Å². The standard InChI is InChI=1S/C19H15ClO3/c1-12(21)23-19-14(10-13-6-2-5-9-17(13)20)11-18(22)15-7-3-4-8-16(15)19/h2-9,11,22H,10H2,1H3. The molecular weight excluding hydrogens is 312 g/mol. The second kappa shape index (κ2) is 6.31. The summed E-state index contributed by atoms with van der Waals surface area (Å²) in [5.74, 6) is 0.214. The Bertz CT molecular complexity index is 887. The fourth-order valence-corrected chi connectivity index (χ4v) is 2.83. The van der Waals surface area contributed by atoms with Crippen LogP contribution in [0.5, 0.6) is 11.5 Å². The van der Waals surface area contributed by atoms with Crippen LogP contribution < -0.4 is 4.74 Å². The molecule has 23 heavy (non-hydrogen) atoms. The number of hydrogen-bond donors (Lipinski definition) is 1. The third-order valence-corrected chi connectivity index (χ3v) is 4.00. The summed E-state index contributed by atoms with van der Waals surface area (Å²) in [6.45, 7) is 1.36. The molecule has 3 nitrogen and oxygen atoms in total. The maximum atomic E-state index is 11.5. The number of hydrogen-bond acceptors (Lipinski definition) is 3. The highest BCUT2D eigenvalue weighted by Crippen LogP contribution is 2.38. The number of carbonyl (C=O) groups is 1. The molecule has 0 heterocycles. The number of aromatic hydroxyl groups is 1. The van der Waals surface area contributed by atoms with Crippen molar-refractivity contribution in [3.63, 3.8) is 0 Å².